The summed E-state index contributed by atoms with van der Waals surface area (Å²) >= 11 is 1.48. The van der Waals surface area contributed by atoms with Crippen LogP contribution in [0.2, 0.25) is 0 Å². The summed E-state index contributed by atoms with van der Waals surface area (Å²) in [5, 5.41) is 3.42. The van der Waals surface area contributed by atoms with Crippen molar-refractivity contribution in [3.63, 3.8) is 0 Å². The van der Waals surface area contributed by atoms with Crippen LogP contribution in [-0.2, 0) is 13.0 Å². The number of ketones is 2. The van der Waals surface area contributed by atoms with Crippen LogP contribution in [0.5, 0.6) is 5.75 Å². The molecule has 0 saturated heterocycles. The van der Waals surface area contributed by atoms with E-state index >= 15 is 0 Å². The van der Waals surface area contributed by atoms with Crippen LogP contribution in [-0.4, -0.2) is 11.6 Å². The smallest absolute Gasteiger partial charge is 0.196 e. The predicted molar refractivity (Wildman–Crippen MR) is 183 cm³/mol. The lowest BCUT2D eigenvalue weighted by atomic mass is 9.83. The Morgan fingerprint density at radius 1 is 0.622 bits per heavy atom. The zero-order valence-electron chi connectivity index (χ0n) is 25.6. The van der Waals surface area contributed by atoms with Crippen LogP contribution in [0.3, 0.4) is 0 Å². The largest absolute Gasteiger partial charge is 0.489 e. The molecule has 0 saturated carbocycles. The quantitative estimate of drug-likeness (QED) is 0.132. The average Bonchev–Trinajstić information content (AvgIpc) is 3.08. The van der Waals surface area contributed by atoms with Crippen molar-refractivity contribution < 1.29 is 14.3 Å². The summed E-state index contributed by atoms with van der Waals surface area (Å²) in [5.41, 5.74) is 5.72. The standard InChI is InChI=1S/C40H37NO3S/c1-2-3-4-5-7-12-28-19-21-30(22-20-28)41-35-17-10-15-33-37(35)39(42)34-16-11-18-36(38(34)40(33)43)45-32-25-23-31(24-26-32)44-27-29-13-8-6-9-14-29/h6,8-11,13-26,41H,2-5,7,12,27H2,1H3. The van der Waals surface area contributed by atoms with E-state index in [1.165, 1.54) is 49.4 Å². The summed E-state index contributed by atoms with van der Waals surface area (Å²) in [7, 11) is 0. The highest BCUT2D eigenvalue weighted by atomic mass is 32.2. The van der Waals surface area contributed by atoms with Gasteiger partial charge in [0.1, 0.15) is 12.4 Å². The van der Waals surface area contributed by atoms with E-state index in [-0.39, 0.29) is 11.6 Å². The Labute approximate surface area is 269 Å². The highest BCUT2D eigenvalue weighted by molar-refractivity contribution is 7.99. The molecule has 1 aliphatic carbocycles. The van der Waals surface area contributed by atoms with Crippen molar-refractivity contribution in [3.05, 3.63) is 149 Å². The second-order valence-corrected chi connectivity index (χ2v) is 12.5. The lowest BCUT2D eigenvalue weighted by molar-refractivity contribution is 0.0977. The van der Waals surface area contributed by atoms with Gasteiger partial charge in [-0.2, -0.15) is 0 Å². The number of carbonyl (C=O) groups excluding carboxylic acids is 2. The number of unbranched alkanes of at least 4 members (excludes halogenated alkanes) is 4. The number of anilines is 2. The number of aryl methyl sites for hydroxylation is 1. The first-order valence-corrected chi connectivity index (χ1v) is 16.6. The van der Waals surface area contributed by atoms with Gasteiger partial charge in [-0.05, 0) is 72.5 Å². The first-order chi connectivity index (χ1) is 22.1. The minimum atomic E-state index is -0.140. The summed E-state index contributed by atoms with van der Waals surface area (Å²) < 4.78 is 5.93. The Bertz CT molecular complexity index is 1780. The average molecular weight is 612 g/mol. The summed E-state index contributed by atoms with van der Waals surface area (Å²) in [5.74, 6) is 0.502. The van der Waals surface area contributed by atoms with Gasteiger partial charge in [0.05, 0.1) is 11.3 Å². The molecule has 6 rings (SSSR count). The van der Waals surface area contributed by atoms with Gasteiger partial charge in [-0.1, -0.05) is 111 Å². The summed E-state index contributed by atoms with van der Waals surface area (Å²) in [4.78, 5) is 29.6. The summed E-state index contributed by atoms with van der Waals surface area (Å²) in [6.45, 7) is 2.73. The molecule has 0 aliphatic heterocycles. The second-order valence-electron chi connectivity index (χ2n) is 11.4. The first kappa shape index (κ1) is 30.4. The van der Waals surface area contributed by atoms with Gasteiger partial charge in [0, 0.05) is 32.2 Å². The van der Waals surface area contributed by atoms with Gasteiger partial charge in [-0.3, -0.25) is 9.59 Å². The minimum Gasteiger partial charge on any atom is -0.489 e. The molecule has 1 N–H and O–H groups in total. The van der Waals surface area contributed by atoms with Crippen LogP contribution in [0.1, 0.15) is 82.0 Å². The van der Waals surface area contributed by atoms with E-state index in [1.54, 1.807) is 12.1 Å². The van der Waals surface area contributed by atoms with Gasteiger partial charge in [0.25, 0.3) is 0 Å². The Balaban J connectivity index is 1.16. The normalized spacial score (nSPS) is 12.0. The zero-order valence-corrected chi connectivity index (χ0v) is 26.4. The lowest BCUT2D eigenvalue weighted by Gasteiger charge is -2.22. The van der Waals surface area contributed by atoms with Crippen LogP contribution in [0.25, 0.3) is 0 Å². The fourth-order valence-electron chi connectivity index (χ4n) is 5.71. The highest BCUT2D eigenvalue weighted by Crippen LogP contribution is 2.40. The minimum absolute atomic E-state index is 0.132. The van der Waals surface area contributed by atoms with Crippen LogP contribution in [0, 0.1) is 0 Å². The fourth-order valence-corrected chi connectivity index (χ4v) is 6.69. The number of fused-ring (bicyclic) bond motifs is 2. The van der Waals surface area contributed by atoms with E-state index in [9.17, 15) is 9.59 Å². The third-order valence-electron chi connectivity index (χ3n) is 8.14. The maximum absolute atomic E-state index is 13.9. The zero-order chi connectivity index (χ0) is 31.0. The van der Waals surface area contributed by atoms with E-state index in [2.05, 4.69) is 36.5 Å². The van der Waals surface area contributed by atoms with E-state index in [1.807, 2.05) is 78.9 Å². The molecule has 0 atom stereocenters. The highest BCUT2D eigenvalue weighted by Gasteiger charge is 2.33. The van der Waals surface area contributed by atoms with E-state index in [0.717, 1.165) is 33.2 Å². The van der Waals surface area contributed by atoms with Crippen molar-refractivity contribution in [2.75, 3.05) is 5.32 Å². The predicted octanol–water partition coefficient (Wildman–Crippen LogP) is 10.4. The van der Waals surface area contributed by atoms with Crippen LogP contribution in [0.15, 0.2) is 125 Å². The third kappa shape index (κ3) is 7.21. The SMILES string of the molecule is CCCCCCCc1ccc(Nc2cccc3c2C(=O)c2cccc(Sc4ccc(OCc5ccccc5)cc4)c2C3=O)cc1. The lowest BCUT2D eigenvalue weighted by Crippen LogP contribution is -2.23. The Morgan fingerprint density at radius 3 is 2.07 bits per heavy atom. The molecule has 0 amide bonds. The van der Waals surface area contributed by atoms with Gasteiger partial charge in [0.2, 0.25) is 0 Å². The van der Waals surface area contributed by atoms with Crippen LogP contribution in [0.4, 0.5) is 11.4 Å². The molecule has 0 fully saturated rings. The van der Waals surface area contributed by atoms with Crippen molar-refractivity contribution in [2.24, 2.45) is 0 Å². The Morgan fingerprint density at radius 2 is 1.31 bits per heavy atom. The van der Waals surface area contributed by atoms with Crippen molar-refractivity contribution in [1.29, 1.82) is 0 Å². The molecular formula is C40H37NO3S. The first-order valence-electron chi connectivity index (χ1n) is 15.8. The Hall–Kier alpha value is -4.61. The molecule has 5 aromatic rings. The molecule has 0 aromatic heterocycles. The van der Waals surface area contributed by atoms with Crippen molar-refractivity contribution >= 4 is 34.7 Å². The summed E-state index contributed by atoms with van der Waals surface area (Å²) in [6, 6.07) is 37.2. The molecule has 0 radical (unpaired) electrons. The number of nitrogens with one attached hydrogen (secondary N) is 1. The number of hydrogen-bond acceptors (Lipinski definition) is 5. The molecule has 1 aliphatic rings. The van der Waals surface area contributed by atoms with Crippen molar-refractivity contribution in [2.45, 2.75) is 61.8 Å². The Kier molecular flexibility index (Phi) is 9.77. The number of carbonyl (C=O) groups is 2. The molecule has 0 unspecified atom stereocenters. The molecule has 5 aromatic carbocycles. The van der Waals surface area contributed by atoms with Crippen molar-refractivity contribution in [3.8, 4) is 5.75 Å². The van der Waals surface area contributed by atoms with Gasteiger partial charge >= 0.3 is 0 Å². The molecule has 45 heavy (non-hydrogen) atoms. The molecule has 0 heterocycles. The third-order valence-corrected chi connectivity index (χ3v) is 9.20. The summed E-state index contributed by atoms with van der Waals surface area (Å²) in [6.07, 6.45) is 7.38. The monoisotopic (exact) mass is 611 g/mol. The molecule has 4 nitrogen and oxygen atoms in total. The maximum Gasteiger partial charge on any atom is 0.196 e. The van der Waals surface area contributed by atoms with Gasteiger partial charge < -0.3 is 10.1 Å². The van der Waals surface area contributed by atoms with E-state index in [4.69, 9.17) is 4.74 Å². The van der Waals surface area contributed by atoms with Gasteiger partial charge in [-0.25, -0.2) is 0 Å². The van der Waals surface area contributed by atoms with Crippen molar-refractivity contribution in [1.82, 2.24) is 0 Å². The topological polar surface area (TPSA) is 55.4 Å². The second kappa shape index (κ2) is 14.4. The number of ether oxygens (including phenoxy) is 1. The van der Waals surface area contributed by atoms with E-state index in [0.29, 0.717) is 34.5 Å². The molecule has 0 bridgehead atoms. The van der Waals surface area contributed by atoms with E-state index < -0.39 is 0 Å². The van der Waals surface area contributed by atoms with Gasteiger partial charge in [-0.15, -0.1) is 0 Å². The molecule has 5 heteroatoms. The van der Waals surface area contributed by atoms with Gasteiger partial charge in [0.15, 0.2) is 11.6 Å². The number of rotatable bonds is 13. The number of benzene rings is 5. The number of hydrogen-bond donors (Lipinski definition) is 1. The molecule has 226 valence electrons. The van der Waals surface area contributed by atoms with Crippen LogP contribution >= 0.6 is 11.8 Å². The van der Waals surface area contributed by atoms with Crippen LogP contribution < -0.4 is 10.1 Å². The molecular weight excluding hydrogens is 575 g/mol. The molecule has 0 spiro atoms. The maximum atomic E-state index is 13.9. The fraction of sp³-hybridized carbons (Fsp3) is 0.200.